The van der Waals surface area contributed by atoms with Crippen LogP contribution in [-0.2, 0) is 6.54 Å². The number of ether oxygens (including phenoxy) is 1. The lowest BCUT2D eigenvalue weighted by molar-refractivity contribution is 0.0327. The Morgan fingerprint density at radius 1 is 1.35 bits per heavy atom. The quantitative estimate of drug-likeness (QED) is 0.814. The van der Waals surface area contributed by atoms with E-state index < -0.39 is 6.23 Å². The summed E-state index contributed by atoms with van der Waals surface area (Å²) in [6, 6.07) is 7.83. The van der Waals surface area contributed by atoms with E-state index in [9.17, 15) is 5.11 Å². The number of aliphatic hydroxyl groups excluding tert-OH is 2. The second-order valence-corrected chi connectivity index (χ2v) is 4.54. The molecule has 1 saturated heterocycles. The summed E-state index contributed by atoms with van der Waals surface area (Å²) in [6.07, 6.45) is 0.224. The van der Waals surface area contributed by atoms with E-state index in [-0.39, 0.29) is 12.5 Å². The molecule has 0 aliphatic carbocycles. The summed E-state index contributed by atoms with van der Waals surface area (Å²) in [7, 11) is 1.64. The standard InChI is InChI=1S/C13H19NO3/c1-17-12-4-2-10(3-5-12)7-14-8-11(9-15)6-13(14)16/h2-5,11,13,15-16H,6-9H2,1H3. The molecule has 2 N–H and O–H groups in total. The van der Waals surface area contributed by atoms with E-state index in [1.165, 1.54) is 0 Å². The van der Waals surface area contributed by atoms with Gasteiger partial charge in [0.15, 0.2) is 0 Å². The van der Waals surface area contributed by atoms with E-state index in [0.29, 0.717) is 13.0 Å². The lowest BCUT2D eigenvalue weighted by Gasteiger charge is -2.19. The molecule has 0 spiro atoms. The van der Waals surface area contributed by atoms with Crippen LogP contribution in [0.15, 0.2) is 24.3 Å². The Labute approximate surface area is 101 Å². The number of aliphatic hydroxyl groups is 2. The Hall–Kier alpha value is -1.10. The maximum Gasteiger partial charge on any atom is 0.118 e. The Morgan fingerprint density at radius 2 is 2.06 bits per heavy atom. The highest BCUT2D eigenvalue weighted by atomic mass is 16.5. The fraction of sp³-hybridized carbons (Fsp3) is 0.538. The summed E-state index contributed by atoms with van der Waals surface area (Å²) in [5, 5.41) is 18.9. The molecule has 0 amide bonds. The van der Waals surface area contributed by atoms with Crippen LogP contribution in [0.3, 0.4) is 0 Å². The minimum atomic E-state index is -0.436. The van der Waals surface area contributed by atoms with Gasteiger partial charge in [-0.3, -0.25) is 4.90 Å². The molecule has 1 aliphatic heterocycles. The van der Waals surface area contributed by atoms with Crippen molar-refractivity contribution in [2.24, 2.45) is 5.92 Å². The number of rotatable bonds is 4. The van der Waals surface area contributed by atoms with Gasteiger partial charge in [0.05, 0.1) is 7.11 Å². The van der Waals surface area contributed by atoms with Crippen LogP contribution in [0.2, 0.25) is 0 Å². The summed E-state index contributed by atoms with van der Waals surface area (Å²) in [5.41, 5.74) is 1.14. The second-order valence-electron chi connectivity index (χ2n) is 4.54. The Balaban J connectivity index is 1.96. The van der Waals surface area contributed by atoms with Gasteiger partial charge in [-0.15, -0.1) is 0 Å². The first-order chi connectivity index (χ1) is 8.22. The van der Waals surface area contributed by atoms with Crippen LogP contribution < -0.4 is 4.74 Å². The maximum atomic E-state index is 9.84. The van der Waals surface area contributed by atoms with Gasteiger partial charge in [-0.2, -0.15) is 0 Å². The van der Waals surface area contributed by atoms with Crippen LogP contribution in [-0.4, -0.2) is 41.6 Å². The van der Waals surface area contributed by atoms with Gasteiger partial charge in [0.1, 0.15) is 12.0 Å². The van der Waals surface area contributed by atoms with Crippen molar-refractivity contribution >= 4 is 0 Å². The third-order valence-corrected chi connectivity index (χ3v) is 3.26. The van der Waals surface area contributed by atoms with Crippen molar-refractivity contribution in [1.82, 2.24) is 4.90 Å². The predicted molar refractivity (Wildman–Crippen MR) is 64.6 cm³/mol. The number of benzene rings is 1. The van der Waals surface area contributed by atoms with Gasteiger partial charge in [0.2, 0.25) is 0 Å². The molecule has 4 heteroatoms. The molecule has 94 valence electrons. The topological polar surface area (TPSA) is 52.9 Å². The number of likely N-dealkylation sites (tertiary alicyclic amines) is 1. The van der Waals surface area contributed by atoms with Crippen LogP contribution in [0.5, 0.6) is 5.75 Å². The van der Waals surface area contributed by atoms with E-state index in [1.54, 1.807) is 7.11 Å². The summed E-state index contributed by atoms with van der Waals surface area (Å²) >= 11 is 0. The number of methoxy groups -OCH3 is 1. The second kappa shape index (κ2) is 5.49. The highest BCUT2D eigenvalue weighted by Crippen LogP contribution is 2.23. The van der Waals surface area contributed by atoms with Crippen LogP contribution >= 0.6 is 0 Å². The summed E-state index contributed by atoms with van der Waals surface area (Å²) < 4.78 is 5.10. The normalized spacial score (nSPS) is 25.1. The van der Waals surface area contributed by atoms with Gasteiger partial charge in [0.25, 0.3) is 0 Å². The van der Waals surface area contributed by atoms with Crippen LogP contribution in [0.4, 0.5) is 0 Å². The van der Waals surface area contributed by atoms with Gasteiger partial charge >= 0.3 is 0 Å². The zero-order valence-electron chi connectivity index (χ0n) is 10.0. The van der Waals surface area contributed by atoms with Gasteiger partial charge in [-0.05, 0) is 30.0 Å². The average Bonchev–Trinajstić information content (AvgIpc) is 2.71. The Morgan fingerprint density at radius 3 is 2.59 bits per heavy atom. The molecule has 1 heterocycles. The van der Waals surface area contributed by atoms with Crippen molar-refractivity contribution in [1.29, 1.82) is 0 Å². The fourth-order valence-corrected chi connectivity index (χ4v) is 2.24. The molecular formula is C13H19NO3. The van der Waals surface area contributed by atoms with Crippen molar-refractivity contribution in [3.8, 4) is 5.75 Å². The molecule has 1 fully saturated rings. The third kappa shape index (κ3) is 2.97. The summed E-state index contributed by atoms with van der Waals surface area (Å²) in [6.45, 7) is 1.61. The molecule has 1 aromatic rings. The van der Waals surface area contributed by atoms with E-state index in [1.807, 2.05) is 29.2 Å². The van der Waals surface area contributed by atoms with E-state index >= 15 is 0 Å². The highest BCUT2D eigenvalue weighted by molar-refractivity contribution is 5.27. The molecule has 17 heavy (non-hydrogen) atoms. The van der Waals surface area contributed by atoms with Crippen molar-refractivity contribution in [2.45, 2.75) is 19.2 Å². The molecule has 2 rings (SSSR count). The molecule has 0 bridgehead atoms. The fourth-order valence-electron chi connectivity index (χ4n) is 2.24. The van der Waals surface area contributed by atoms with Gasteiger partial charge in [-0.25, -0.2) is 0 Å². The van der Waals surface area contributed by atoms with Crippen molar-refractivity contribution < 1.29 is 14.9 Å². The average molecular weight is 237 g/mol. The molecule has 1 aromatic carbocycles. The molecular weight excluding hydrogens is 218 g/mol. The van der Waals surface area contributed by atoms with E-state index in [4.69, 9.17) is 9.84 Å². The molecule has 2 unspecified atom stereocenters. The minimum absolute atomic E-state index is 0.149. The molecule has 2 atom stereocenters. The first-order valence-corrected chi connectivity index (χ1v) is 5.89. The molecule has 4 nitrogen and oxygen atoms in total. The number of hydrogen-bond donors (Lipinski definition) is 2. The summed E-state index contributed by atoms with van der Waals surface area (Å²) in [4.78, 5) is 1.99. The smallest absolute Gasteiger partial charge is 0.118 e. The Bertz CT molecular complexity index is 352. The first kappa shape index (κ1) is 12.4. The zero-order chi connectivity index (χ0) is 12.3. The van der Waals surface area contributed by atoms with E-state index in [0.717, 1.165) is 17.9 Å². The van der Waals surface area contributed by atoms with Gasteiger partial charge < -0.3 is 14.9 Å². The maximum absolute atomic E-state index is 9.84. The molecule has 0 radical (unpaired) electrons. The Kier molecular flexibility index (Phi) is 3.99. The van der Waals surface area contributed by atoms with Gasteiger partial charge in [0, 0.05) is 19.7 Å². The minimum Gasteiger partial charge on any atom is -0.497 e. The lowest BCUT2D eigenvalue weighted by Crippen LogP contribution is -2.28. The first-order valence-electron chi connectivity index (χ1n) is 5.89. The molecule has 1 aliphatic rings. The monoisotopic (exact) mass is 237 g/mol. The number of hydrogen-bond acceptors (Lipinski definition) is 4. The van der Waals surface area contributed by atoms with Crippen molar-refractivity contribution in [3.63, 3.8) is 0 Å². The SMILES string of the molecule is COc1ccc(CN2CC(CO)CC2O)cc1. The largest absolute Gasteiger partial charge is 0.497 e. The number of nitrogens with zero attached hydrogens (tertiary/aromatic N) is 1. The van der Waals surface area contributed by atoms with Crippen molar-refractivity contribution in [2.75, 3.05) is 20.3 Å². The highest BCUT2D eigenvalue weighted by Gasteiger charge is 2.29. The predicted octanol–water partition coefficient (Wildman–Crippen LogP) is 0.828. The van der Waals surface area contributed by atoms with Gasteiger partial charge in [-0.1, -0.05) is 12.1 Å². The molecule has 0 saturated carbocycles. The van der Waals surface area contributed by atoms with Crippen LogP contribution in [0.25, 0.3) is 0 Å². The lowest BCUT2D eigenvalue weighted by atomic mass is 10.1. The van der Waals surface area contributed by atoms with Crippen LogP contribution in [0.1, 0.15) is 12.0 Å². The molecule has 0 aromatic heterocycles. The third-order valence-electron chi connectivity index (χ3n) is 3.26. The van der Waals surface area contributed by atoms with Crippen molar-refractivity contribution in [3.05, 3.63) is 29.8 Å². The van der Waals surface area contributed by atoms with Crippen LogP contribution in [0, 0.1) is 5.92 Å². The zero-order valence-corrected chi connectivity index (χ0v) is 10.0. The summed E-state index contributed by atoms with van der Waals surface area (Å²) in [5.74, 6) is 1.03. The van der Waals surface area contributed by atoms with E-state index in [2.05, 4.69) is 0 Å².